The van der Waals surface area contributed by atoms with Crippen LogP contribution in [-0.4, -0.2) is 53.0 Å². The standard InChI is InChI=1S/C12H17FINO6/c1-5(16)15-10-11(19-6(2)17)9(13)8(4-14)21-12(10)20-7(3)18/h8-12H,4H2,1-3H3,(H,15,16)/t8-,9-,10-,11+,12?/m1/s1. The first kappa shape index (κ1) is 18.1. The number of carbonyl (C=O) groups excluding carboxylic acids is 3. The summed E-state index contributed by atoms with van der Waals surface area (Å²) in [5, 5.41) is 2.41. The number of hydrogen-bond donors (Lipinski definition) is 1. The van der Waals surface area contributed by atoms with Crippen LogP contribution in [-0.2, 0) is 28.6 Å². The van der Waals surface area contributed by atoms with E-state index in [4.69, 9.17) is 14.2 Å². The van der Waals surface area contributed by atoms with Crippen LogP contribution in [0.3, 0.4) is 0 Å². The van der Waals surface area contributed by atoms with Gasteiger partial charge < -0.3 is 19.5 Å². The first-order valence-electron chi connectivity index (χ1n) is 6.23. The molecule has 1 aliphatic heterocycles. The highest BCUT2D eigenvalue weighted by Crippen LogP contribution is 2.28. The van der Waals surface area contributed by atoms with Crippen LogP contribution in [0.5, 0.6) is 0 Å². The van der Waals surface area contributed by atoms with E-state index in [0.29, 0.717) is 0 Å². The Hall–Kier alpha value is -0.970. The number of ether oxygens (including phenoxy) is 3. The lowest BCUT2D eigenvalue weighted by Crippen LogP contribution is -2.64. The van der Waals surface area contributed by atoms with Gasteiger partial charge in [-0.05, 0) is 0 Å². The van der Waals surface area contributed by atoms with Gasteiger partial charge in [0, 0.05) is 25.2 Å². The normalized spacial score (nSPS) is 32.1. The van der Waals surface area contributed by atoms with Crippen molar-refractivity contribution in [3.8, 4) is 0 Å². The van der Waals surface area contributed by atoms with Crippen LogP contribution in [0.25, 0.3) is 0 Å². The third kappa shape index (κ3) is 5.06. The molecule has 7 nitrogen and oxygen atoms in total. The van der Waals surface area contributed by atoms with E-state index in [1.165, 1.54) is 6.92 Å². The molecule has 0 aliphatic carbocycles. The maximum absolute atomic E-state index is 14.4. The molecule has 1 fully saturated rings. The number of rotatable bonds is 4. The van der Waals surface area contributed by atoms with Gasteiger partial charge in [0.05, 0.1) is 0 Å². The zero-order valence-electron chi connectivity index (χ0n) is 11.8. The predicted molar refractivity (Wildman–Crippen MR) is 77.4 cm³/mol. The minimum atomic E-state index is -1.64. The molecule has 1 amide bonds. The van der Waals surface area contributed by atoms with Crippen LogP contribution in [0.1, 0.15) is 20.8 Å². The Bertz CT molecular complexity index is 421. The molecule has 0 saturated carbocycles. The molecule has 0 bridgehead atoms. The van der Waals surface area contributed by atoms with Gasteiger partial charge in [-0.25, -0.2) is 4.39 Å². The van der Waals surface area contributed by atoms with E-state index in [1.54, 1.807) is 0 Å². The molecule has 120 valence electrons. The van der Waals surface area contributed by atoms with E-state index in [9.17, 15) is 18.8 Å². The van der Waals surface area contributed by atoms with Crippen LogP contribution in [0.2, 0.25) is 0 Å². The molecule has 5 atom stereocenters. The van der Waals surface area contributed by atoms with E-state index < -0.39 is 48.6 Å². The molecular formula is C12H17FINO6. The number of carbonyl (C=O) groups is 3. The minimum absolute atomic E-state index is 0.265. The smallest absolute Gasteiger partial charge is 0.305 e. The quantitative estimate of drug-likeness (QED) is 0.407. The average Bonchev–Trinajstić information content (AvgIpc) is 2.35. The Morgan fingerprint density at radius 1 is 1.19 bits per heavy atom. The Balaban J connectivity index is 3.05. The largest absolute Gasteiger partial charge is 0.457 e. The van der Waals surface area contributed by atoms with Crippen LogP contribution in [0.15, 0.2) is 0 Å². The SMILES string of the molecule is CC(=O)N[C@H]1C(OC(C)=O)O[C@H](CI)[C@@H](F)[C@@H]1OC(C)=O. The molecule has 9 heteroatoms. The van der Waals surface area contributed by atoms with Crippen molar-refractivity contribution in [2.75, 3.05) is 4.43 Å². The van der Waals surface area contributed by atoms with Crippen molar-refractivity contribution in [2.24, 2.45) is 0 Å². The summed E-state index contributed by atoms with van der Waals surface area (Å²) in [6, 6.07) is -1.11. The second-order valence-electron chi connectivity index (χ2n) is 4.55. The molecule has 0 aromatic rings. The van der Waals surface area contributed by atoms with E-state index >= 15 is 0 Å². The number of alkyl halides is 2. The van der Waals surface area contributed by atoms with Gasteiger partial charge in [-0.2, -0.15) is 0 Å². The van der Waals surface area contributed by atoms with Gasteiger partial charge in [0.2, 0.25) is 12.2 Å². The lowest BCUT2D eigenvalue weighted by molar-refractivity contribution is -0.245. The van der Waals surface area contributed by atoms with Crippen LogP contribution in [0.4, 0.5) is 4.39 Å². The average molecular weight is 417 g/mol. The molecule has 0 spiro atoms. The lowest BCUT2D eigenvalue weighted by atomic mass is 9.98. The van der Waals surface area contributed by atoms with Crippen molar-refractivity contribution in [3.05, 3.63) is 0 Å². The van der Waals surface area contributed by atoms with Gasteiger partial charge in [-0.15, -0.1) is 0 Å². The van der Waals surface area contributed by atoms with Gasteiger partial charge >= 0.3 is 11.9 Å². The van der Waals surface area contributed by atoms with Crippen molar-refractivity contribution < 1.29 is 33.0 Å². The molecule has 1 saturated heterocycles. The molecule has 1 heterocycles. The molecule has 0 aromatic heterocycles. The lowest BCUT2D eigenvalue weighted by Gasteiger charge is -2.42. The Kier molecular flexibility index (Phi) is 6.78. The van der Waals surface area contributed by atoms with Gasteiger partial charge in [0.25, 0.3) is 0 Å². The van der Waals surface area contributed by atoms with Crippen molar-refractivity contribution >= 4 is 40.4 Å². The molecule has 1 rings (SSSR count). The van der Waals surface area contributed by atoms with Crippen molar-refractivity contribution in [1.82, 2.24) is 5.32 Å². The van der Waals surface area contributed by atoms with E-state index in [1.807, 2.05) is 22.6 Å². The van der Waals surface area contributed by atoms with Gasteiger partial charge in [-0.1, -0.05) is 22.6 Å². The Morgan fingerprint density at radius 2 is 1.76 bits per heavy atom. The first-order valence-corrected chi connectivity index (χ1v) is 7.75. The number of esters is 2. The zero-order chi connectivity index (χ0) is 16.2. The maximum Gasteiger partial charge on any atom is 0.305 e. The Morgan fingerprint density at radius 3 is 2.19 bits per heavy atom. The highest BCUT2D eigenvalue weighted by Gasteiger charge is 2.50. The number of hydrogen-bond acceptors (Lipinski definition) is 6. The molecule has 0 aromatic carbocycles. The van der Waals surface area contributed by atoms with Crippen LogP contribution in [0, 0.1) is 0 Å². The summed E-state index contributed by atoms with van der Waals surface area (Å²) >= 11 is 1.91. The number of amides is 1. The summed E-state index contributed by atoms with van der Waals surface area (Å²) in [6.45, 7) is 3.51. The van der Waals surface area contributed by atoms with E-state index in [0.717, 1.165) is 13.8 Å². The zero-order valence-corrected chi connectivity index (χ0v) is 14.0. The molecule has 0 radical (unpaired) electrons. The molecule has 21 heavy (non-hydrogen) atoms. The highest BCUT2D eigenvalue weighted by atomic mass is 127. The summed E-state index contributed by atoms with van der Waals surface area (Å²) in [5.41, 5.74) is 0. The predicted octanol–water partition coefficient (Wildman–Crippen LogP) is 0.484. The van der Waals surface area contributed by atoms with Crippen LogP contribution < -0.4 is 5.32 Å². The highest BCUT2D eigenvalue weighted by molar-refractivity contribution is 14.1. The minimum Gasteiger partial charge on any atom is -0.457 e. The van der Waals surface area contributed by atoms with Crippen LogP contribution >= 0.6 is 22.6 Å². The summed E-state index contributed by atoms with van der Waals surface area (Å²) in [4.78, 5) is 33.6. The summed E-state index contributed by atoms with van der Waals surface area (Å²) in [7, 11) is 0. The second kappa shape index (κ2) is 7.87. The Labute approximate surface area is 135 Å². The monoisotopic (exact) mass is 417 g/mol. The summed E-state index contributed by atoms with van der Waals surface area (Å²) in [5.74, 6) is -1.84. The maximum atomic E-state index is 14.4. The fraction of sp³-hybridized carbons (Fsp3) is 0.750. The fourth-order valence-electron chi connectivity index (χ4n) is 2.00. The van der Waals surface area contributed by atoms with Crippen molar-refractivity contribution in [1.29, 1.82) is 0 Å². The molecule has 1 unspecified atom stereocenters. The molecule has 1 N–H and O–H groups in total. The summed E-state index contributed by atoms with van der Waals surface area (Å²) in [6.07, 6.45) is -5.06. The second-order valence-corrected chi connectivity index (χ2v) is 5.43. The number of halogens is 2. The van der Waals surface area contributed by atoms with Gasteiger partial charge in [0.1, 0.15) is 12.1 Å². The molecule has 1 aliphatic rings. The first-order chi connectivity index (χ1) is 9.76. The third-order valence-electron chi connectivity index (χ3n) is 2.73. The fourth-order valence-corrected chi connectivity index (χ4v) is 2.69. The topological polar surface area (TPSA) is 90.9 Å². The summed E-state index contributed by atoms with van der Waals surface area (Å²) < 4.78 is 29.9. The van der Waals surface area contributed by atoms with Gasteiger partial charge in [-0.3, -0.25) is 14.4 Å². The third-order valence-corrected chi connectivity index (χ3v) is 3.60. The van der Waals surface area contributed by atoms with Gasteiger partial charge in [0.15, 0.2) is 12.3 Å². The van der Waals surface area contributed by atoms with Crippen molar-refractivity contribution in [2.45, 2.75) is 51.5 Å². The van der Waals surface area contributed by atoms with E-state index in [2.05, 4.69) is 5.32 Å². The number of nitrogens with one attached hydrogen (secondary N) is 1. The van der Waals surface area contributed by atoms with Crippen molar-refractivity contribution in [3.63, 3.8) is 0 Å². The molecular weight excluding hydrogens is 400 g/mol. The van der Waals surface area contributed by atoms with E-state index in [-0.39, 0.29) is 4.43 Å².